The van der Waals surface area contributed by atoms with Crippen LogP contribution < -0.4 is 4.74 Å². The molecule has 0 aliphatic rings. The van der Waals surface area contributed by atoms with Crippen LogP contribution in [0.2, 0.25) is 0 Å². The van der Waals surface area contributed by atoms with Crippen LogP contribution in [0.4, 0.5) is 0 Å². The van der Waals surface area contributed by atoms with Gasteiger partial charge in [-0.05, 0) is 18.2 Å². The van der Waals surface area contributed by atoms with Gasteiger partial charge in [0, 0.05) is 10.9 Å². The molecular formula is C16H12O4. The number of benzene rings is 2. The van der Waals surface area contributed by atoms with Gasteiger partial charge in [0.15, 0.2) is 0 Å². The highest BCUT2D eigenvalue weighted by Gasteiger charge is 2.14. The van der Waals surface area contributed by atoms with Crippen LogP contribution in [-0.2, 0) is 6.61 Å². The molecule has 3 aromatic rings. The Morgan fingerprint density at radius 2 is 1.90 bits per heavy atom. The number of hydrogen-bond acceptors (Lipinski definition) is 3. The normalized spacial score (nSPS) is 10.6. The zero-order valence-electron chi connectivity index (χ0n) is 10.6. The van der Waals surface area contributed by atoms with E-state index in [0.717, 1.165) is 16.7 Å². The Morgan fingerprint density at radius 3 is 2.65 bits per heavy atom. The van der Waals surface area contributed by atoms with Crippen LogP contribution in [0.3, 0.4) is 0 Å². The third-order valence-electron chi connectivity index (χ3n) is 3.05. The molecule has 0 saturated heterocycles. The SMILES string of the molecule is O=C(O)c1cccc2c(COc3ccccc3)coc12. The topological polar surface area (TPSA) is 59.7 Å². The number of carboxylic acids is 1. The predicted octanol–water partition coefficient (Wildman–Crippen LogP) is 3.71. The van der Waals surface area contributed by atoms with E-state index in [-0.39, 0.29) is 5.56 Å². The van der Waals surface area contributed by atoms with Gasteiger partial charge in [0.1, 0.15) is 23.5 Å². The van der Waals surface area contributed by atoms with Gasteiger partial charge in [0.05, 0.1) is 6.26 Å². The van der Waals surface area contributed by atoms with Crippen molar-refractivity contribution < 1.29 is 19.1 Å². The molecule has 4 nitrogen and oxygen atoms in total. The van der Waals surface area contributed by atoms with Crippen LogP contribution in [0, 0.1) is 0 Å². The number of carbonyl (C=O) groups is 1. The summed E-state index contributed by atoms with van der Waals surface area (Å²) in [5.41, 5.74) is 1.37. The molecule has 0 amide bonds. The number of hydrogen-bond donors (Lipinski definition) is 1. The summed E-state index contributed by atoms with van der Waals surface area (Å²) in [4.78, 5) is 11.1. The van der Waals surface area contributed by atoms with Crippen molar-refractivity contribution in [2.45, 2.75) is 6.61 Å². The van der Waals surface area contributed by atoms with Gasteiger partial charge in [-0.15, -0.1) is 0 Å². The summed E-state index contributed by atoms with van der Waals surface area (Å²) in [6.07, 6.45) is 1.54. The zero-order valence-corrected chi connectivity index (χ0v) is 10.6. The standard InChI is InChI=1S/C16H12O4/c17-16(18)14-8-4-7-13-11(10-20-15(13)14)9-19-12-5-2-1-3-6-12/h1-8,10H,9H2,(H,17,18). The third kappa shape index (κ3) is 2.23. The van der Waals surface area contributed by atoms with Crippen LogP contribution in [0.1, 0.15) is 15.9 Å². The highest BCUT2D eigenvalue weighted by Crippen LogP contribution is 2.25. The Kier molecular flexibility index (Phi) is 3.13. The van der Waals surface area contributed by atoms with E-state index in [1.807, 2.05) is 36.4 Å². The second kappa shape index (κ2) is 5.09. The molecular weight excluding hydrogens is 256 g/mol. The molecule has 0 aliphatic carbocycles. The minimum Gasteiger partial charge on any atom is -0.489 e. The maximum absolute atomic E-state index is 11.1. The van der Waals surface area contributed by atoms with Crippen molar-refractivity contribution >= 4 is 16.9 Å². The molecule has 0 radical (unpaired) electrons. The lowest BCUT2D eigenvalue weighted by Gasteiger charge is -2.04. The summed E-state index contributed by atoms with van der Waals surface area (Å²) >= 11 is 0. The van der Waals surface area contributed by atoms with Crippen molar-refractivity contribution in [3.8, 4) is 5.75 Å². The minimum absolute atomic E-state index is 0.161. The molecule has 0 fully saturated rings. The van der Waals surface area contributed by atoms with Crippen molar-refractivity contribution in [1.82, 2.24) is 0 Å². The number of aromatic carboxylic acids is 1. The molecule has 1 N–H and O–H groups in total. The van der Waals surface area contributed by atoms with Gasteiger partial charge in [0.2, 0.25) is 0 Å². The smallest absolute Gasteiger partial charge is 0.339 e. The van der Waals surface area contributed by atoms with Gasteiger partial charge < -0.3 is 14.3 Å². The minimum atomic E-state index is -1.000. The van der Waals surface area contributed by atoms with E-state index in [0.29, 0.717) is 12.2 Å². The van der Waals surface area contributed by atoms with Crippen molar-refractivity contribution in [3.63, 3.8) is 0 Å². The Hall–Kier alpha value is -2.75. The fraction of sp³-hybridized carbons (Fsp3) is 0.0625. The fourth-order valence-electron chi connectivity index (χ4n) is 2.07. The van der Waals surface area contributed by atoms with Crippen molar-refractivity contribution in [2.75, 3.05) is 0 Å². The number of carboxylic acid groups (broad SMARTS) is 1. The molecule has 0 unspecified atom stereocenters. The first-order chi connectivity index (χ1) is 9.75. The predicted molar refractivity (Wildman–Crippen MR) is 73.9 cm³/mol. The largest absolute Gasteiger partial charge is 0.489 e. The lowest BCUT2D eigenvalue weighted by molar-refractivity contribution is 0.0698. The number of rotatable bonds is 4. The summed E-state index contributed by atoms with van der Waals surface area (Å²) in [5.74, 6) is -0.239. The molecule has 0 bridgehead atoms. The monoisotopic (exact) mass is 268 g/mol. The lowest BCUT2D eigenvalue weighted by atomic mass is 10.1. The average molecular weight is 268 g/mol. The molecule has 2 aromatic carbocycles. The fourth-order valence-corrected chi connectivity index (χ4v) is 2.07. The number of ether oxygens (including phenoxy) is 1. The first kappa shape index (κ1) is 12.3. The first-order valence-corrected chi connectivity index (χ1v) is 6.16. The molecule has 4 heteroatoms. The highest BCUT2D eigenvalue weighted by molar-refractivity contribution is 6.01. The van der Waals surface area contributed by atoms with Gasteiger partial charge >= 0.3 is 5.97 Å². The van der Waals surface area contributed by atoms with E-state index in [1.165, 1.54) is 6.07 Å². The van der Waals surface area contributed by atoms with Crippen LogP contribution >= 0.6 is 0 Å². The van der Waals surface area contributed by atoms with Gasteiger partial charge in [-0.3, -0.25) is 0 Å². The van der Waals surface area contributed by atoms with E-state index in [9.17, 15) is 4.79 Å². The van der Waals surface area contributed by atoms with Crippen LogP contribution in [-0.4, -0.2) is 11.1 Å². The summed E-state index contributed by atoms with van der Waals surface area (Å²) < 4.78 is 11.0. The van der Waals surface area contributed by atoms with Crippen LogP contribution in [0.15, 0.2) is 59.2 Å². The zero-order chi connectivity index (χ0) is 13.9. The molecule has 0 spiro atoms. The van der Waals surface area contributed by atoms with E-state index < -0.39 is 5.97 Å². The Bertz CT molecular complexity index is 744. The molecule has 20 heavy (non-hydrogen) atoms. The molecule has 1 heterocycles. The van der Waals surface area contributed by atoms with Crippen LogP contribution in [0.25, 0.3) is 11.0 Å². The summed E-state index contributed by atoms with van der Waals surface area (Å²) in [6.45, 7) is 0.333. The van der Waals surface area contributed by atoms with Crippen molar-refractivity contribution in [3.05, 3.63) is 65.9 Å². The summed E-state index contributed by atoms with van der Waals surface area (Å²) in [6, 6.07) is 14.5. The lowest BCUT2D eigenvalue weighted by Crippen LogP contribution is -1.97. The summed E-state index contributed by atoms with van der Waals surface area (Å²) in [7, 11) is 0. The number of fused-ring (bicyclic) bond motifs is 1. The first-order valence-electron chi connectivity index (χ1n) is 6.16. The van der Waals surface area contributed by atoms with Crippen molar-refractivity contribution in [2.24, 2.45) is 0 Å². The van der Waals surface area contributed by atoms with E-state index in [1.54, 1.807) is 12.3 Å². The Balaban J connectivity index is 1.90. The van der Waals surface area contributed by atoms with Gasteiger partial charge in [-0.2, -0.15) is 0 Å². The maximum Gasteiger partial charge on any atom is 0.339 e. The average Bonchev–Trinajstić information content (AvgIpc) is 2.89. The Labute approximate surface area is 115 Å². The molecule has 1 aromatic heterocycles. The maximum atomic E-state index is 11.1. The molecule has 0 atom stereocenters. The van der Waals surface area contributed by atoms with Gasteiger partial charge in [0.25, 0.3) is 0 Å². The van der Waals surface area contributed by atoms with Gasteiger partial charge in [-0.25, -0.2) is 4.79 Å². The van der Waals surface area contributed by atoms with E-state index in [2.05, 4.69) is 0 Å². The molecule has 3 rings (SSSR count). The molecule has 0 saturated carbocycles. The third-order valence-corrected chi connectivity index (χ3v) is 3.05. The summed E-state index contributed by atoms with van der Waals surface area (Å²) in [5, 5.41) is 9.87. The second-order valence-corrected chi connectivity index (χ2v) is 4.35. The Morgan fingerprint density at radius 1 is 1.10 bits per heavy atom. The molecule has 100 valence electrons. The number of para-hydroxylation sites is 2. The molecule has 0 aliphatic heterocycles. The van der Waals surface area contributed by atoms with Crippen LogP contribution in [0.5, 0.6) is 5.75 Å². The van der Waals surface area contributed by atoms with E-state index >= 15 is 0 Å². The van der Waals surface area contributed by atoms with Crippen molar-refractivity contribution in [1.29, 1.82) is 0 Å². The highest BCUT2D eigenvalue weighted by atomic mass is 16.5. The second-order valence-electron chi connectivity index (χ2n) is 4.35. The van der Waals surface area contributed by atoms with Gasteiger partial charge in [-0.1, -0.05) is 30.3 Å². The van der Waals surface area contributed by atoms with E-state index in [4.69, 9.17) is 14.3 Å². The number of furan rings is 1. The quantitative estimate of drug-likeness (QED) is 0.783.